The summed E-state index contributed by atoms with van der Waals surface area (Å²) in [7, 11) is 4.25. The third kappa shape index (κ3) is 1.84. The van der Waals surface area contributed by atoms with E-state index < -0.39 is 0 Å². The molecule has 0 aromatic heterocycles. The molecule has 2 aliphatic carbocycles. The maximum absolute atomic E-state index is 5.92. The van der Waals surface area contributed by atoms with Crippen molar-refractivity contribution in [3.05, 3.63) is 52.3 Å². The summed E-state index contributed by atoms with van der Waals surface area (Å²) in [6.45, 7) is 5.55. The van der Waals surface area contributed by atoms with E-state index in [1.807, 2.05) is 0 Å². The zero-order valence-corrected chi connectivity index (χ0v) is 15.8. The highest BCUT2D eigenvalue weighted by molar-refractivity contribution is 6.34. The van der Waals surface area contributed by atoms with Gasteiger partial charge in [0.1, 0.15) is 5.75 Å². The number of rotatable bonds is 3. The number of likely N-dealkylation sites (tertiary alicyclic amines) is 1. The van der Waals surface area contributed by atoms with Gasteiger partial charge < -0.3 is 9.16 Å². The minimum absolute atomic E-state index is 0.00461. The Morgan fingerprint density at radius 1 is 1.33 bits per heavy atom. The maximum Gasteiger partial charge on any atom is 0.280 e. The van der Waals surface area contributed by atoms with Crippen LogP contribution in [0, 0.1) is 12.8 Å². The molecule has 1 aromatic carbocycles. The Morgan fingerprint density at radius 2 is 2.12 bits per heavy atom. The lowest BCUT2D eigenvalue weighted by atomic mass is 9.58. The Hall–Kier alpha value is -1.65. The molecule has 3 nitrogen and oxygen atoms in total. The van der Waals surface area contributed by atoms with Crippen LogP contribution in [0.4, 0.5) is 0 Å². The average molecular weight is 339 g/mol. The summed E-state index contributed by atoms with van der Waals surface area (Å²) in [5.41, 5.74) is 5.74. The number of methoxy groups -OCH3 is 1. The van der Waals surface area contributed by atoms with Gasteiger partial charge in [0.05, 0.1) is 12.9 Å². The summed E-state index contributed by atoms with van der Waals surface area (Å²) in [6, 6.07) is 4.88. The first-order valence-corrected chi connectivity index (χ1v) is 9.64. The molecule has 0 N–H and O–H groups in total. The van der Waals surface area contributed by atoms with E-state index >= 15 is 0 Å². The molecule has 4 rings (SSSR count). The van der Waals surface area contributed by atoms with Crippen molar-refractivity contribution in [2.45, 2.75) is 31.7 Å². The Kier molecular flexibility index (Phi) is 3.59. The highest BCUT2D eigenvalue weighted by Crippen LogP contribution is 2.57. The van der Waals surface area contributed by atoms with E-state index in [1.54, 1.807) is 12.7 Å². The first kappa shape index (κ1) is 15.9. The van der Waals surface area contributed by atoms with Crippen LogP contribution in [0.5, 0.6) is 5.75 Å². The summed E-state index contributed by atoms with van der Waals surface area (Å²) in [5.74, 6) is 2.36. The van der Waals surface area contributed by atoms with Crippen LogP contribution in [0.25, 0.3) is 0 Å². The van der Waals surface area contributed by atoms with E-state index in [-0.39, 0.29) is 14.8 Å². The van der Waals surface area contributed by atoms with Gasteiger partial charge in [0.2, 0.25) is 0 Å². The number of benzene rings is 1. The van der Waals surface area contributed by atoms with Gasteiger partial charge in [-0.15, -0.1) is 0 Å². The number of hydrogen-bond donors (Lipinski definition) is 0. The van der Waals surface area contributed by atoms with Crippen LogP contribution in [-0.2, 0) is 16.3 Å². The van der Waals surface area contributed by atoms with Crippen molar-refractivity contribution in [2.24, 2.45) is 5.92 Å². The maximum atomic E-state index is 5.92. The number of hydrogen-bond acceptors (Lipinski definition) is 3. The highest BCUT2D eigenvalue weighted by Gasteiger charge is 2.57. The van der Waals surface area contributed by atoms with E-state index in [1.165, 1.54) is 16.7 Å². The van der Waals surface area contributed by atoms with E-state index in [9.17, 15) is 0 Å². The van der Waals surface area contributed by atoms with Crippen molar-refractivity contribution in [2.75, 3.05) is 20.7 Å². The number of fused-ring (bicyclic) bond motifs is 1. The van der Waals surface area contributed by atoms with Crippen LogP contribution in [0.3, 0.4) is 0 Å². The molecule has 2 bridgehead atoms. The Labute approximate surface area is 146 Å². The van der Waals surface area contributed by atoms with Crippen LogP contribution >= 0.6 is 0 Å². The molecule has 3 atom stereocenters. The second-order valence-corrected chi connectivity index (χ2v) is 7.69. The fourth-order valence-electron chi connectivity index (χ4n) is 5.22. The molecule has 24 heavy (non-hydrogen) atoms. The van der Waals surface area contributed by atoms with E-state index in [2.05, 4.69) is 56.3 Å². The number of nitrogens with zero attached hydrogens (tertiary/aromatic N) is 1. The lowest BCUT2D eigenvalue weighted by molar-refractivity contribution is 0.262. The zero-order valence-electron chi connectivity index (χ0n) is 14.8. The standard InChI is InChI=1S/C20H24NO2Si/c1-12-17(22-4)8-6-14-10-16-15-7-9-18(23-24-5)13(2)20(15,19(12)14)11-21(16)3/h6-9,13,16H,5,10-11H2,1-4H3/t13?,16?,20-/m0/s1. The summed E-state index contributed by atoms with van der Waals surface area (Å²) in [6.07, 6.45) is 9.46. The lowest BCUT2D eigenvalue weighted by Gasteiger charge is -2.45. The first-order valence-electron chi connectivity index (χ1n) is 8.53. The van der Waals surface area contributed by atoms with Crippen molar-refractivity contribution < 1.29 is 9.16 Å². The molecule has 125 valence electrons. The van der Waals surface area contributed by atoms with Crippen molar-refractivity contribution in [3.63, 3.8) is 0 Å². The molecular weight excluding hydrogens is 314 g/mol. The van der Waals surface area contributed by atoms with Gasteiger partial charge in [-0.1, -0.05) is 25.2 Å². The molecule has 0 amide bonds. The van der Waals surface area contributed by atoms with Crippen LogP contribution in [-0.4, -0.2) is 47.2 Å². The predicted molar refractivity (Wildman–Crippen MR) is 98.8 cm³/mol. The number of ether oxygens (including phenoxy) is 1. The zero-order chi connectivity index (χ0) is 17.1. The van der Waals surface area contributed by atoms with Gasteiger partial charge in [-0.25, -0.2) is 0 Å². The summed E-state index contributed by atoms with van der Waals surface area (Å²) in [5, 5.41) is 0. The molecular formula is C20H24NO2Si. The summed E-state index contributed by atoms with van der Waals surface area (Å²) >= 11 is 0. The predicted octanol–water partition coefficient (Wildman–Crippen LogP) is 2.64. The molecule has 1 fully saturated rings. The molecule has 1 aliphatic heterocycles. The van der Waals surface area contributed by atoms with Gasteiger partial charge >= 0.3 is 0 Å². The van der Waals surface area contributed by atoms with E-state index in [4.69, 9.17) is 9.16 Å². The van der Waals surface area contributed by atoms with Crippen LogP contribution in [0.2, 0.25) is 0 Å². The van der Waals surface area contributed by atoms with Crippen LogP contribution in [0.15, 0.2) is 35.6 Å². The van der Waals surface area contributed by atoms with Crippen molar-refractivity contribution in [1.82, 2.24) is 4.90 Å². The Bertz CT molecular complexity index is 782. The average Bonchev–Trinajstić information content (AvgIpc) is 2.77. The van der Waals surface area contributed by atoms with Gasteiger partial charge in [0.25, 0.3) is 9.38 Å². The normalized spacial score (nSPS) is 30.8. The SMILES string of the molecule is C=[Si]OC1=CC=C2C3Cc4ccc(OC)c(C)c4[C@@]2(CN3C)C1C. The number of likely N-dealkylation sites (N-methyl/N-ethyl adjacent to an activating group) is 1. The quantitative estimate of drug-likeness (QED) is 0.791. The lowest BCUT2D eigenvalue weighted by Crippen LogP contribution is -2.43. The second-order valence-electron chi connectivity index (χ2n) is 7.19. The molecule has 3 aliphatic rings. The minimum atomic E-state index is -0.00461. The Morgan fingerprint density at radius 3 is 2.83 bits per heavy atom. The fraction of sp³-hybridized carbons (Fsp3) is 0.450. The van der Waals surface area contributed by atoms with Crippen molar-refractivity contribution in [3.8, 4) is 5.75 Å². The van der Waals surface area contributed by atoms with Crippen LogP contribution in [0.1, 0.15) is 23.6 Å². The summed E-state index contributed by atoms with van der Waals surface area (Å²) in [4.78, 5) is 2.51. The van der Waals surface area contributed by atoms with Gasteiger partial charge in [-0.05, 0) is 54.8 Å². The van der Waals surface area contributed by atoms with Gasteiger partial charge in [0, 0.05) is 23.9 Å². The fourth-order valence-corrected chi connectivity index (χ4v) is 5.63. The molecule has 0 saturated carbocycles. The number of allylic oxidation sites excluding steroid dienone is 3. The third-order valence-corrected chi connectivity index (χ3v) is 6.65. The second kappa shape index (κ2) is 5.43. The molecule has 1 saturated heterocycles. The first-order chi connectivity index (χ1) is 11.5. The van der Waals surface area contributed by atoms with E-state index in [0.29, 0.717) is 12.0 Å². The van der Waals surface area contributed by atoms with Gasteiger partial charge in [0.15, 0.2) is 0 Å². The van der Waals surface area contributed by atoms with Crippen molar-refractivity contribution >= 4 is 15.6 Å². The largest absolute Gasteiger partial charge is 0.517 e. The molecule has 0 spiro atoms. The topological polar surface area (TPSA) is 21.7 Å². The van der Waals surface area contributed by atoms with Gasteiger partial charge in [-0.3, -0.25) is 4.90 Å². The monoisotopic (exact) mass is 338 g/mol. The minimum Gasteiger partial charge on any atom is -0.517 e. The molecule has 1 heterocycles. The van der Waals surface area contributed by atoms with E-state index in [0.717, 1.165) is 24.5 Å². The molecule has 4 heteroatoms. The smallest absolute Gasteiger partial charge is 0.280 e. The highest BCUT2D eigenvalue weighted by atomic mass is 28.2. The Balaban J connectivity index is 1.99. The summed E-state index contributed by atoms with van der Waals surface area (Å²) < 4.78 is 11.6. The molecule has 2 unspecified atom stereocenters. The van der Waals surface area contributed by atoms with Crippen LogP contribution < -0.4 is 4.74 Å². The molecule has 1 aromatic rings. The van der Waals surface area contributed by atoms with Crippen molar-refractivity contribution in [1.29, 1.82) is 0 Å². The third-order valence-electron chi connectivity index (χ3n) is 6.27. The van der Waals surface area contributed by atoms with Gasteiger partial charge in [-0.2, -0.15) is 0 Å². The molecule has 1 radical (unpaired) electrons.